The van der Waals surface area contributed by atoms with Gasteiger partial charge in [0.15, 0.2) is 0 Å². The summed E-state index contributed by atoms with van der Waals surface area (Å²) in [6.07, 6.45) is 8.30. The maximum absolute atomic E-state index is 3.73. The molecular formula is C12H14. The first-order valence-electron chi connectivity index (χ1n) is 4.26. The van der Waals surface area contributed by atoms with E-state index in [0.717, 1.165) is 12.8 Å². The quantitative estimate of drug-likeness (QED) is 0.589. The summed E-state index contributed by atoms with van der Waals surface area (Å²) in [5.41, 5.74) is 1.28. The molecule has 0 aliphatic rings. The van der Waals surface area contributed by atoms with E-state index in [9.17, 15) is 0 Å². The molecule has 0 aliphatic carbocycles. The molecule has 0 spiro atoms. The van der Waals surface area contributed by atoms with E-state index in [4.69, 9.17) is 0 Å². The Morgan fingerprint density at radius 3 is 2.50 bits per heavy atom. The van der Waals surface area contributed by atoms with Crippen LogP contribution >= 0.6 is 0 Å². The molecule has 1 aromatic rings. The van der Waals surface area contributed by atoms with Crippen molar-refractivity contribution in [1.82, 2.24) is 0 Å². The molecule has 0 saturated heterocycles. The molecule has 0 bridgehead atoms. The Bertz CT molecular complexity index is 221. The lowest BCUT2D eigenvalue weighted by Crippen LogP contribution is -1.77. The molecule has 62 valence electrons. The van der Waals surface area contributed by atoms with Crippen LogP contribution in [0, 0.1) is 13.3 Å². The summed E-state index contributed by atoms with van der Waals surface area (Å²) >= 11 is 0. The minimum atomic E-state index is 0.878. The van der Waals surface area contributed by atoms with Crippen LogP contribution in [0.4, 0.5) is 0 Å². The van der Waals surface area contributed by atoms with Gasteiger partial charge in [0, 0.05) is 0 Å². The molecule has 0 heterocycles. The molecule has 2 radical (unpaired) electrons. The second-order valence-corrected chi connectivity index (χ2v) is 2.61. The Balaban J connectivity index is 2.29. The second kappa shape index (κ2) is 5.59. The van der Waals surface area contributed by atoms with Crippen molar-refractivity contribution in [3.05, 3.63) is 61.4 Å². The van der Waals surface area contributed by atoms with E-state index >= 15 is 0 Å². The highest BCUT2D eigenvalue weighted by Crippen LogP contribution is 2.05. The smallest absolute Gasteiger partial charge is 0.00556 e. The average molecular weight is 158 g/mol. The van der Waals surface area contributed by atoms with E-state index in [2.05, 4.69) is 49.8 Å². The fourth-order valence-corrected chi connectivity index (χ4v) is 1.01. The van der Waals surface area contributed by atoms with Crippen LogP contribution in [0.3, 0.4) is 0 Å². The maximum Gasteiger partial charge on any atom is -0.00556 e. The Labute approximate surface area is 74.9 Å². The summed E-state index contributed by atoms with van der Waals surface area (Å²) in [6, 6.07) is 10.4. The van der Waals surface area contributed by atoms with Crippen LogP contribution in [0.25, 0.3) is 0 Å². The Hall–Kier alpha value is -1.04. The van der Waals surface area contributed by atoms with E-state index in [1.807, 2.05) is 6.07 Å². The third-order valence-corrected chi connectivity index (χ3v) is 1.62. The van der Waals surface area contributed by atoms with Gasteiger partial charge in [-0.25, -0.2) is 0 Å². The molecule has 0 fully saturated rings. The van der Waals surface area contributed by atoms with Gasteiger partial charge in [0.2, 0.25) is 0 Å². The Morgan fingerprint density at radius 1 is 1.08 bits per heavy atom. The topological polar surface area (TPSA) is 0 Å². The molecule has 0 saturated carbocycles. The summed E-state index contributed by atoms with van der Waals surface area (Å²) in [5, 5.41) is 0. The summed E-state index contributed by atoms with van der Waals surface area (Å²) in [4.78, 5) is 0. The van der Waals surface area contributed by atoms with E-state index in [1.54, 1.807) is 0 Å². The first-order valence-corrected chi connectivity index (χ1v) is 4.26. The van der Waals surface area contributed by atoms with Crippen molar-refractivity contribution in [2.24, 2.45) is 0 Å². The van der Waals surface area contributed by atoms with Crippen LogP contribution in [-0.2, 0) is 0 Å². The van der Waals surface area contributed by atoms with E-state index in [-0.39, 0.29) is 0 Å². The number of hydrogen-bond donors (Lipinski definition) is 0. The molecular weight excluding hydrogens is 144 g/mol. The SMILES string of the molecule is [CH2]CC=CC[CH]c1ccccc1. The molecule has 12 heavy (non-hydrogen) atoms. The molecule has 1 rings (SSSR count). The van der Waals surface area contributed by atoms with Crippen molar-refractivity contribution in [1.29, 1.82) is 0 Å². The summed E-state index contributed by atoms with van der Waals surface area (Å²) in [7, 11) is 0. The van der Waals surface area contributed by atoms with Gasteiger partial charge in [0.25, 0.3) is 0 Å². The van der Waals surface area contributed by atoms with Gasteiger partial charge < -0.3 is 0 Å². The zero-order chi connectivity index (χ0) is 8.65. The molecule has 0 nitrogen and oxygen atoms in total. The minimum Gasteiger partial charge on any atom is -0.0885 e. The van der Waals surface area contributed by atoms with Gasteiger partial charge in [0.05, 0.1) is 0 Å². The van der Waals surface area contributed by atoms with Crippen LogP contribution in [-0.4, -0.2) is 0 Å². The maximum atomic E-state index is 3.73. The van der Waals surface area contributed by atoms with Gasteiger partial charge in [-0.15, -0.1) is 0 Å². The third kappa shape index (κ3) is 3.38. The van der Waals surface area contributed by atoms with E-state index in [0.29, 0.717) is 0 Å². The standard InChI is InChI=1S/C12H14/c1-2-3-4-6-9-12-10-7-5-8-11-12/h3-5,7-11H,1-2,6H2. The van der Waals surface area contributed by atoms with E-state index < -0.39 is 0 Å². The van der Waals surface area contributed by atoms with Crippen LogP contribution in [0.2, 0.25) is 0 Å². The molecule has 0 heteroatoms. The lowest BCUT2D eigenvalue weighted by atomic mass is 10.1. The fourth-order valence-electron chi connectivity index (χ4n) is 1.01. The van der Waals surface area contributed by atoms with Gasteiger partial charge in [-0.05, 0) is 31.7 Å². The molecule has 0 atom stereocenters. The second-order valence-electron chi connectivity index (χ2n) is 2.61. The normalized spacial score (nSPS) is 10.8. The van der Waals surface area contributed by atoms with Gasteiger partial charge in [-0.3, -0.25) is 0 Å². The molecule has 0 unspecified atom stereocenters. The summed E-state index contributed by atoms with van der Waals surface area (Å²) < 4.78 is 0. The van der Waals surface area contributed by atoms with Gasteiger partial charge in [-0.1, -0.05) is 42.5 Å². The average Bonchev–Trinajstić information content (AvgIpc) is 2.14. The first-order chi connectivity index (χ1) is 5.93. The number of rotatable bonds is 4. The van der Waals surface area contributed by atoms with Gasteiger partial charge in [-0.2, -0.15) is 0 Å². The largest absolute Gasteiger partial charge is 0.0885 e. The highest BCUT2D eigenvalue weighted by atomic mass is 13.9. The van der Waals surface area contributed by atoms with E-state index in [1.165, 1.54) is 5.56 Å². The third-order valence-electron chi connectivity index (χ3n) is 1.62. The molecule has 0 aromatic heterocycles. The highest BCUT2D eigenvalue weighted by molar-refractivity contribution is 5.23. The van der Waals surface area contributed by atoms with Crippen molar-refractivity contribution in [3.8, 4) is 0 Å². The Kier molecular flexibility index (Phi) is 4.22. The van der Waals surface area contributed by atoms with Crippen molar-refractivity contribution in [3.63, 3.8) is 0 Å². The van der Waals surface area contributed by atoms with Crippen LogP contribution in [0.15, 0.2) is 42.5 Å². The number of allylic oxidation sites excluding steroid dienone is 2. The zero-order valence-electron chi connectivity index (χ0n) is 7.24. The van der Waals surface area contributed by atoms with Crippen molar-refractivity contribution >= 4 is 0 Å². The highest BCUT2D eigenvalue weighted by Gasteiger charge is 1.87. The lowest BCUT2D eigenvalue weighted by Gasteiger charge is -1.95. The fraction of sp³-hybridized carbons (Fsp3) is 0.167. The number of benzene rings is 1. The van der Waals surface area contributed by atoms with Gasteiger partial charge >= 0.3 is 0 Å². The molecule has 0 aliphatic heterocycles. The first kappa shape index (κ1) is 9.05. The lowest BCUT2D eigenvalue weighted by molar-refractivity contribution is 1.22. The minimum absolute atomic E-state index is 0.878. The molecule has 0 N–H and O–H groups in total. The zero-order valence-corrected chi connectivity index (χ0v) is 7.24. The summed E-state index contributed by atoms with van der Waals surface area (Å²) in [5.74, 6) is 0. The number of hydrogen-bond acceptors (Lipinski definition) is 0. The van der Waals surface area contributed by atoms with Crippen LogP contribution < -0.4 is 0 Å². The molecule has 0 amide bonds. The Morgan fingerprint density at radius 2 is 1.83 bits per heavy atom. The van der Waals surface area contributed by atoms with Crippen LogP contribution in [0.5, 0.6) is 0 Å². The summed E-state index contributed by atoms with van der Waals surface area (Å²) in [6.45, 7) is 3.73. The molecule has 1 aromatic carbocycles. The van der Waals surface area contributed by atoms with Crippen molar-refractivity contribution in [2.75, 3.05) is 0 Å². The van der Waals surface area contributed by atoms with Crippen molar-refractivity contribution < 1.29 is 0 Å². The monoisotopic (exact) mass is 158 g/mol. The van der Waals surface area contributed by atoms with Crippen LogP contribution in [0.1, 0.15) is 18.4 Å². The van der Waals surface area contributed by atoms with Crippen molar-refractivity contribution in [2.45, 2.75) is 12.8 Å². The van der Waals surface area contributed by atoms with Gasteiger partial charge in [0.1, 0.15) is 0 Å². The predicted molar refractivity (Wildman–Crippen MR) is 53.6 cm³/mol. The predicted octanol–water partition coefficient (Wildman–Crippen LogP) is 3.41.